The lowest BCUT2D eigenvalue weighted by Gasteiger charge is -2.15. The average molecular weight is 204 g/mol. The van der Waals surface area contributed by atoms with Gasteiger partial charge >= 0.3 is 0 Å². The molecule has 0 aromatic carbocycles. The van der Waals surface area contributed by atoms with Crippen molar-refractivity contribution in [1.29, 1.82) is 0 Å². The number of hydrogen-bond donors (Lipinski definition) is 0. The molecule has 80 valence electrons. The van der Waals surface area contributed by atoms with E-state index in [2.05, 4.69) is 35.8 Å². The molecule has 0 saturated heterocycles. The monoisotopic (exact) mass is 204 g/mol. The molecule has 15 heavy (non-hydrogen) atoms. The van der Waals surface area contributed by atoms with Gasteiger partial charge in [0.25, 0.3) is 0 Å². The van der Waals surface area contributed by atoms with E-state index < -0.39 is 0 Å². The van der Waals surface area contributed by atoms with Crippen LogP contribution in [0.5, 0.6) is 0 Å². The van der Waals surface area contributed by atoms with Crippen LogP contribution in [0, 0.1) is 6.92 Å². The molecule has 2 rings (SSSR count). The van der Waals surface area contributed by atoms with Gasteiger partial charge in [-0.25, -0.2) is 9.97 Å². The molecule has 4 nitrogen and oxygen atoms in total. The summed E-state index contributed by atoms with van der Waals surface area (Å²) in [6, 6.07) is 0. The molecule has 0 atom stereocenters. The van der Waals surface area contributed by atoms with Crippen LogP contribution in [0.1, 0.15) is 32.2 Å². The van der Waals surface area contributed by atoms with Gasteiger partial charge < -0.3 is 0 Å². The van der Waals surface area contributed by atoms with Gasteiger partial charge in [0.15, 0.2) is 5.65 Å². The fourth-order valence-electron chi connectivity index (χ4n) is 1.76. The minimum absolute atomic E-state index is 0.0228. The lowest BCUT2D eigenvalue weighted by atomic mass is 9.90. The van der Waals surface area contributed by atoms with Gasteiger partial charge in [-0.05, 0) is 6.92 Å². The summed E-state index contributed by atoms with van der Waals surface area (Å²) in [5.41, 5.74) is 3.00. The summed E-state index contributed by atoms with van der Waals surface area (Å²) in [5, 5.41) is 5.63. The zero-order valence-electron chi connectivity index (χ0n) is 9.87. The number of aromatic nitrogens is 4. The molecular weight excluding hydrogens is 188 g/mol. The van der Waals surface area contributed by atoms with Crippen LogP contribution in [0.3, 0.4) is 0 Å². The van der Waals surface area contributed by atoms with Crippen LogP contribution < -0.4 is 0 Å². The smallest absolute Gasteiger partial charge is 0.161 e. The van der Waals surface area contributed by atoms with Crippen molar-refractivity contribution in [2.45, 2.75) is 33.1 Å². The Hall–Kier alpha value is -1.45. The number of fused-ring (bicyclic) bond motifs is 1. The zero-order valence-corrected chi connectivity index (χ0v) is 9.87. The first kappa shape index (κ1) is 10.1. The van der Waals surface area contributed by atoms with E-state index in [1.165, 1.54) is 0 Å². The van der Waals surface area contributed by atoms with E-state index in [9.17, 15) is 0 Å². The van der Waals surface area contributed by atoms with Gasteiger partial charge in [-0.15, -0.1) is 0 Å². The standard InChI is InChI=1S/C11H16N4/c1-7-8-9(11(2,3)4)14-15(5)10(8)13-6-12-7/h6H,1-5H3. The second kappa shape index (κ2) is 3.02. The largest absolute Gasteiger partial charge is 0.250 e. The van der Waals surface area contributed by atoms with Crippen molar-refractivity contribution in [3.05, 3.63) is 17.7 Å². The van der Waals surface area contributed by atoms with Crippen LogP contribution in [0.4, 0.5) is 0 Å². The maximum atomic E-state index is 4.54. The highest BCUT2D eigenvalue weighted by molar-refractivity contribution is 5.81. The summed E-state index contributed by atoms with van der Waals surface area (Å²) >= 11 is 0. The van der Waals surface area contributed by atoms with Crippen LogP contribution in [-0.2, 0) is 12.5 Å². The van der Waals surface area contributed by atoms with Crippen LogP contribution >= 0.6 is 0 Å². The summed E-state index contributed by atoms with van der Waals surface area (Å²) < 4.78 is 1.82. The first-order chi connectivity index (χ1) is 6.91. The SMILES string of the molecule is Cc1ncnc2c1c(C(C)(C)C)nn2C. The van der Waals surface area contributed by atoms with Gasteiger partial charge in [-0.1, -0.05) is 20.8 Å². The van der Waals surface area contributed by atoms with E-state index in [1.54, 1.807) is 6.33 Å². The third-order valence-electron chi connectivity index (χ3n) is 2.52. The maximum absolute atomic E-state index is 4.54. The van der Waals surface area contributed by atoms with Crippen molar-refractivity contribution in [3.8, 4) is 0 Å². The third kappa shape index (κ3) is 1.50. The number of nitrogens with zero attached hydrogens (tertiary/aromatic N) is 4. The lowest BCUT2D eigenvalue weighted by Crippen LogP contribution is -2.13. The quantitative estimate of drug-likeness (QED) is 0.659. The van der Waals surface area contributed by atoms with Gasteiger partial charge in [-0.3, -0.25) is 4.68 Å². The molecule has 0 fully saturated rings. The van der Waals surface area contributed by atoms with Gasteiger partial charge in [0.05, 0.1) is 16.8 Å². The van der Waals surface area contributed by atoms with E-state index in [-0.39, 0.29) is 5.41 Å². The summed E-state index contributed by atoms with van der Waals surface area (Å²) in [7, 11) is 1.92. The van der Waals surface area contributed by atoms with Gasteiger partial charge in [0.2, 0.25) is 0 Å². The molecule has 0 unspecified atom stereocenters. The second-order valence-electron chi connectivity index (χ2n) is 4.88. The first-order valence-electron chi connectivity index (χ1n) is 5.06. The Morgan fingerprint density at radius 1 is 1.20 bits per heavy atom. The molecule has 0 radical (unpaired) electrons. The van der Waals surface area contributed by atoms with Crippen molar-refractivity contribution < 1.29 is 0 Å². The molecule has 2 heterocycles. The fraction of sp³-hybridized carbons (Fsp3) is 0.545. The molecule has 0 bridgehead atoms. The van der Waals surface area contributed by atoms with Crippen molar-refractivity contribution >= 4 is 11.0 Å². The topological polar surface area (TPSA) is 43.6 Å². The fourth-order valence-corrected chi connectivity index (χ4v) is 1.76. The molecule has 0 aliphatic heterocycles. The molecule has 2 aromatic rings. The third-order valence-corrected chi connectivity index (χ3v) is 2.52. The summed E-state index contributed by atoms with van der Waals surface area (Å²) in [6.45, 7) is 8.46. The molecular formula is C11H16N4. The van der Waals surface area contributed by atoms with Crippen molar-refractivity contribution in [1.82, 2.24) is 19.7 Å². The molecule has 0 amide bonds. The van der Waals surface area contributed by atoms with Crippen LogP contribution in [0.15, 0.2) is 6.33 Å². The Labute approximate surface area is 89.3 Å². The molecule has 4 heteroatoms. The Bertz CT molecular complexity index is 505. The summed E-state index contributed by atoms with van der Waals surface area (Å²) in [4.78, 5) is 8.50. The Morgan fingerprint density at radius 2 is 1.87 bits per heavy atom. The van der Waals surface area contributed by atoms with Crippen molar-refractivity contribution in [2.24, 2.45) is 7.05 Å². The summed E-state index contributed by atoms with van der Waals surface area (Å²) in [5.74, 6) is 0. The Morgan fingerprint density at radius 3 is 2.47 bits per heavy atom. The second-order valence-corrected chi connectivity index (χ2v) is 4.88. The van der Waals surface area contributed by atoms with Crippen LogP contribution in [-0.4, -0.2) is 19.7 Å². The van der Waals surface area contributed by atoms with Gasteiger partial charge in [0.1, 0.15) is 6.33 Å². The van der Waals surface area contributed by atoms with Crippen LogP contribution in [0.25, 0.3) is 11.0 Å². The molecule has 0 aliphatic carbocycles. The van der Waals surface area contributed by atoms with Crippen LogP contribution in [0.2, 0.25) is 0 Å². The normalized spacial score (nSPS) is 12.3. The Kier molecular flexibility index (Phi) is 2.03. The Balaban J connectivity index is 2.88. The summed E-state index contributed by atoms with van der Waals surface area (Å²) in [6.07, 6.45) is 1.59. The number of hydrogen-bond acceptors (Lipinski definition) is 3. The van der Waals surface area contributed by atoms with Gasteiger partial charge in [-0.2, -0.15) is 5.10 Å². The lowest BCUT2D eigenvalue weighted by molar-refractivity contribution is 0.557. The molecule has 0 saturated carbocycles. The molecule has 0 aliphatic rings. The molecule has 2 aromatic heterocycles. The maximum Gasteiger partial charge on any atom is 0.161 e. The highest BCUT2D eigenvalue weighted by atomic mass is 15.3. The highest BCUT2D eigenvalue weighted by Crippen LogP contribution is 2.28. The van der Waals surface area contributed by atoms with E-state index in [1.807, 2.05) is 18.7 Å². The van der Waals surface area contributed by atoms with Gasteiger partial charge in [0, 0.05) is 12.5 Å². The predicted molar refractivity (Wildman–Crippen MR) is 59.7 cm³/mol. The van der Waals surface area contributed by atoms with E-state index >= 15 is 0 Å². The first-order valence-corrected chi connectivity index (χ1v) is 5.06. The minimum atomic E-state index is 0.0228. The van der Waals surface area contributed by atoms with Crippen molar-refractivity contribution in [3.63, 3.8) is 0 Å². The zero-order chi connectivity index (χ0) is 11.2. The molecule has 0 spiro atoms. The average Bonchev–Trinajstić information content (AvgIpc) is 2.45. The predicted octanol–water partition coefficient (Wildman–Crippen LogP) is 1.97. The minimum Gasteiger partial charge on any atom is -0.250 e. The number of rotatable bonds is 0. The van der Waals surface area contributed by atoms with E-state index in [4.69, 9.17) is 0 Å². The number of aryl methyl sites for hydroxylation is 2. The molecule has 0 N–H and O–H groups in total. The van der Waals surface area contributed by atoms with Crippen molar-refractivity contribution in [2.75, 3.05) is 0 Å². The van der Waals surface area contributed by atoms with E-state index in [0.717, 1.165) is 22.4 Å². The highest BCUT2D eigenvalue weighted by Gasteiger charge is 2.23. The van der Waals surface area contributed by atoms with E-state index in [0.29, 0.717) is 0 Å².